The van der Waals surface area contributed by atoms with Gasteiger partial charge in [-0.2, -0.15) is 5.10 Å². The van der Waals surface area contributed by atoms with Crippen LogP contribution in [-0.4, -0.2) is 45.4 Å². The molecule has 144 valence electrons. The normalized spacial score (nSPS) is 20.3. The minimum absolute atomic E-state index is 0.0492. The number of likely N-dealkylation sites (tertiary alicyclic amines) is 1. The topological polar surface area (TPSA) is 84.5 Å². The van der Waals surface area contributed by atoms with E-state index in [9.17, 15) is 9.59 Å². The summed E-state index contributed by atoms with van der Waals surface area (Å²) in [6.45, 7) is 4.37. The van der Waals surface area contributed by atoms with E-state index in [-0.39, 0.29) is 24.1 Å². The number of carbonyl (C=O) groups is 1. The summed E-state index contributed by atoms with van der Waals surface area (Å²) >= 11 is 0. The maximum absolute atomic E-state index is 12.9. The predicted octanol–water partition coefficient (Wildman–Crippen LogP) is 1.89. The Morgan fingerprint density at radius 1 is 1.19 bits per heavy atom. The van der Waals surface area contributed by atoms with Crippen LogP contribution in [0.4, 0.5) is 5.69 Å². The number of carbonyl (C=O) groups excluding carboxylic acids is 1. The Morgan fingerprint density at radius 3 is 2.67 bits per heavy atom. The van der Waals surface area contributed by atoms with Gasteiger partial charge in [0.1, 0.15) is 18.0 Å². The molecule has 0 N–H and O–H groups in total. The van der Waals surface area contributed by atoms with E-state index in [4.69, 9.17) is 4.52 Å². The molecule has 4 rings (SSSR count). The summed E-state index contributed by atoms with van der Waals surface area (Å²) in [4.78, 5) is 29.3. The third-order valence-corrected chi connectivity index (χ3v) is 5.42. The minimum atomic E-state index is -0.237. The Bertz CT molecular complexity index is 868. The van der Waals surface area contributed by atoms with Gasteiger partial charge in [-0.05, 0) is 39.0 Å². The van der Waals surface area contributed by atoms with Gasteiger partial charge in [0.15, 0.2) is 0 Å². The Hall–Kier alpha value is -2.64. The molecule has 0 aliphatic carbocycles. The van der Waals surface area contributed by atoms with Gasteiger partial charge in [0, 0.05) is 31.8 Å². The summed E-state index contributed by atoms with van der Waals surface area (Å²) in [6, 6.07) is 3.37. The van der Waals surface area contributed by atoms with Gasteiger partial charge >= 0.3 is 0 Å². The highest BCUT2D eigenvalue weighted by Crippen LogP contribution is 2.30. The summed E-state index contributed by atoms with van der Waals surface area (Å²) in [5.41, 5.74) is 1.39. The molecule has 0 bridgehead atoms. The van der Waals surface area contributed by atoms with Gasteiger partial charge in [0.25, 0.3) is 5.56 Å². The number of hydrogen-bond donors (Lipinski definition) is 0. The van der Waals surface area contributed by atoms with Crippen LogP contribution in [0.3, 0.4) is 0 Å². The van der Waals surface area contributed by atoms with Gasteiger partial charge in [-0.25, -0.2) is 4.68 Å². The summed E-state index contributed by atoms with van der Waals surface area (Å²) < 4.78 is 6.44. The molecule has 0 unspecified atom stereocenters. The number of amides is 1. The first kappa shape index (κ1) is 17.8. The highest BCUT2D eigenvalue weighted by Gasteiger charge is 2.30. The van der Waals surface area contributed by atoms with Gasteiger partial charge < -0.3 is 14.3 Å². The Morgan fingerprint density at radius 2 is 1.96 bits per heavy atom. The SMILES string of the molecule is Cc1cc([C@H]2CCCCN2C(=O)Cn2ncc(N3CCCC3)cc2=O)no1. The minimum Gasteiger partial charge on any atom is -0.370 e. The number of anilines is 1. The molecule has 2 aliphatic rings. The molecular weight excluding hydrogens is 346 g/mol. The lowest BCUT2D eigenvalue weighted by atomic mass is 9.99. The molecule has 0 saturated carbocycles. The Kier molecular flexibility index (Phi) is 4.96. The fraction of sp³-hybridized carbons (Fsp3) is 0.579. The zero-order valence-electron chi connectivity index (χ0n) is 15.6. The second-order valence-corrected chi connectivity index (χ2v) is 7.36. The average molecular weight is 371 g/mol. The smallest absolute Gasteiger partial charge is 0.269 e. The zero-order chi connectivity index (χ0) is 18.8. The molecule has 1 amide bonds. The Labute approximate surface area is 157 Å². The first-order valence-corrected chi connectivity index (χ1v) is 9.66. The van der Waals surface area contributed by atoms with Crippen molar-refractivity contribution in [2.45, 2.75) is 51.6 Å². The second kappa shape index (κ2) is 7.54. The van der Waals surface area contributed by atoms with E-state index >= 15 is 0 Å². The van der Waals surface area contributed by atoms with Crippen LogP contribution in [0.2, 0.25) is 0 Å². The molecule has 2 saturated heterocycles. The number of hydrogen-bond acceptors (Lipinski definition) is 6. The molecule has 2 aliphatic heterocycles. The van der Waals surface area contributed by atoms with Crippen molar-refractivity contribution in [3.05, 3.63) is 40.1 Å². The first-order chi connectivity index (χ1) is 13.1. The summed E-state index contributed by atoms with van der Waals surface area (Å²) in [5, 5.41) is 8.33. The lowest BCUT2D eigenvalue weighted by Crippen LogP contribution is -2.42. The van der Waals surface area contributed by atoms with Crippen molar-refractivity contribution >= 4 is 11.6 Å². The number of nitrogens with zero attached hydrogens (tertiary/aromatic N) is 5. The highest BCUT2D eigenvalue weighted by molar-refractivity contribution is 5.76. The van der Waals surface area contributed by atoms with E-state index in [0.29, 0.717) is 6.54 Å². The van der Waals surface area contributed by atoms with Gasteiger partial charge in [-0.15, -0.1) is 0 Å². The van der Waals surface area contributed by atoms with Crippen molar-refractivity contribution in [1.29, 1.82) is 0 Å². The molecule has 0 radical (unpaired) electrons. The van der Waals surface area contributed by atoms with Crippen LogP contribution in [-0.2, 0) is 11.3 Å². The van der Waals surface area contributed by atoms with Gasteiger partial charge in [0.05, 0.1) is 17.9 Å². The van der Waals surface area contributed by atoms with Crippen LogP contribution in [0.1, 0.15) is 49.6 Å². The van der Waals surface area contributed by atoms with E-state index in [1.54, 1.807) is 12.3 Å². The molecular formula is C19H25N5O3. The lowest BCUT2D eigenvalue weighted by Gasteiger charge is -2.34. The van der Waals surface area contributed by atoms with Crippen LogP contribution >= 0.6 is 0 Å². The van der Waals surface area contributed by atoms with Crippen LogP contribution in [0, 0.1) is 6.92 Å². The predicted molar refractivity (Wildman–Crippen MR) is 99.5 cm³/mol. The molecule has 4 heterocycles. The third kappa shape index (κ3) is 3.74. The quantitative estimate of drug-likeness (QED) is 0.816. The maximum Gasteiger partial charge on any atom is 0.269 e. The third-order valence-electron chi connectivity index (χ3n) is 5.42. The summed E-state index contributed by atoms with van der Waals surface area (Å²) in [7, 11) is 0. The second-order valence-electron chi connectivity index (χ2n) is 7.36. The molecule has 2 aromatic heterocycles. The van der Waals surface area contributed by atoms with Crippen LogP contribution < -0.4 is 10.5 Å². The largest absolute Gasteiger partial charge is 0.370 e. The van der Waals surface area contributed by atoms with Gasteiger partial charge in [-0.3, -0.25) is 9.59 Å². The van der Waals surface area contributed by atoms with Crippen molar-refractivity contribution < 1.29 is 9.32 Å². The number of aromatic nitrogens is 3. The van der Waals surface area contributed by atoms with E-state index in [1.807, 2.05) is 17.9 Å². The van der Waals surface area contributed by atoms with Crippen LogP contribution in [0.25, 0.3) is 0 Å². The van der Waals surface area contributed by atoms with E-state index in [2.05, 4.69) is 15.2 Å². The number of rotatable bonds is 4. The fourth-order valence-electron chi connectivity index (χ4n) is 3.99. The molecule has 8 nitrogen and oxygen atoms in total. The van der Waals surface area contributed by atoms with Crippen LogP contribution in [0.15, 0.2) is 27.6 Å². The van der Waals surface area contributed by atoms with E-state index in [1.165, 1.54) is 4.68 Å². The number of piperidine rings is 1. The van der Waals surface area contributed by atoms with E-state index in [0.717, 1.165) is 62.3 Å². The fourth-order valence-corrected chi connectivity index (χ4v) is 3.99. The molecule has 8 heteroatoms. The number of aryl methyl sites for hydroxylation is 1. The zero-order valence-corrected chi connectivity index (χ0v) is 15.6. The van der Waals surface area contributed by atoms with Crippen molar-refractivity contribution in [2.24, 2.45) is 0 Å². The van der Waals surface area contributed by atoms with Crippen molar-refractivity contribution in [1.82, 2.24) is 19.8 Å². The maximum atomic E-state index is 12.9. The van der Waals surface area contributed by atoms with Crippen molar-refractivity contribution in [2.75, 3.05) is 24.5 Å². The molecule has 0 aromatic carbocycles. The summed E-state index contributed by atoms with van der Waals surface area (Å²) in [5.74, 6) is 0.627. The molecule has 27 heavy (non-hydrogen) atoms. The highest BCUT2D eigenvalue weighted by atomic mass is 16.5. The molecule has 0 spiro atoms. The van der Waals surface area contributed by atoms with Crippen molar-refractivity contribution in [3.63, 3.8) is 0 Å². The van der Waals surface area contributed by atoms with Crippen LogP contribution in [0.5, 0.6) is 0 Å². The first-order valence-electron chi connectivity index (χ1n) is 9.66. The molecule has 2 aromatic rings. The summed E-state index contributed by atoms with van der Waals surface area (Å²) in [6.07, 6.45) is 6.82. The average Bonchev–Trinajstić information content (AvgIpc) is 3.35. The lowest BCUT2D eigenvalue weighted by molar-refractivity contribution is -0.136. The van der Waals surface area contributed by atoms with Gasteiger partial charge in [0.2, 0.25) is 5.91 Å². The monoisotopic (exact) mass is 371 g/mol. The molecule has 2 fully saturated rings. The molecule has 1 atom stereocenters. The standard InChI is InChI=1S/C19H25N5O3/c1-14-10-16(21-27-14)17-6-2-3-9-23(17)19(26)13-24-18(25)11-15(12-20-24)22-7-4-5-8-22/h10-12,17H,2-9,13H2,1H3/t17-/m1/s1. The van der Waals surface area contributed by atoms with Gasteiger partial charge in [-0.1, -0.05) is 5.16 Å². The Balaban J connectivity index is 1.49. The van der Waals surface area contributed by atoms with E-state index < -0.39 is 0 Å². The van der Waals surface area contributed by atoms with Crippen molar-refractivity contribution in [3.8, 4) is 0 Å².